The van der Waals surface area contributed by atoms with Crippen LogP contribution >= 0.6 is 0 Å². The number of aryl methyl sites for hydroxylation is 1. The summed E-state index contributed by atoms with van der Waals surface area (Å²) >= 11 is 0. The van der Waals surface area contributed by atoms with Crippen LogP contribution in [-0.4, -0.2) is 25.2 Å². The Balaban J connectivity index is 1.81. The molecule has 0 radical (unpaired) electrons. The molecule has 1 amide bonds. The molecule has 1 heterocycles. The predicted octanol–water partition coefficient (Wildman–Crippen LogP) is 4.02. The number of nitrogens with one attached hydrogen (secondary N) is 1. The summed E-state index contributed by atoms with van der Waals surface area (Å²) < 4.78 is 16.0. The van der Waals surface area contributed by atoms with E-state index in [-0.39, 0.29) is 12.5 Å². The number of methoxy groups -OCH3 is 2. The van der Waals surface area contributed by atoms with Crippen LogP contribution in [0.2, 0.25) is 0 Å². The van der Waals surface area contributed by atoms with E-state index in [2.05, 4.69) is 5.32 Å². The molecule has 0 aliphatic heterocycles. The Morgan fingerprint density at radius 1 is 1.04 bits per heavy atom. The molecule has 0 bridgehead atoms. The molecule has 0 aliphatic carbocycles. The van der Waals surface area contributed by atoms with Gasteiger partial charge in [-0.2, -0.15) is 0 Å². The fraction of sp³-hybridized carbons (Fsp3) is 0.190. The first-order chi connectivity index (χ1) is 13.0. The molecular weight excluding hydrogens is 346 g/mol. The van der Waals surface area contributed by atoms with E-state index >= 15 is 0 Å². The second kappa shape index (κ2) is 7.97. The monoisotopic (exact) mass is 367 g/mol. The third-order valence-electron chi connectivity index (χ3n) is 4.18. The van der Waals surface area contributed by atoms with E-state index in [0.29, 0.717) is 34.3 Å². The molecule has 0 saturated carbocycles. The van der Waals surface area contributed by atoms with E-state index in [4.69, 9.17) is 19.0 Å². The van der Waals surface area contributed by atoms with Crippen LogP contribution in [0.3, 0.4) is 0 Å². The molecule has 1 aromatic heterocycles. The third kappa shape index (κ3) is 4.12. The molecule has 3 aromatic rings. The summed E-state index contributed by atoms with van der Waals surface area (Å²) in [4.78, 5) is 12.6. The molecule has 3 rings (SSSR count). The first-order valence-electron chi connectivity index (χ1n) is 8.39. The Morgan fingerprint density at radius 2 is 1.74 bits per heavy atom. The second-order valence-electron chi connectivity index (χ2n) is 6.01. The average molecular weight is 367 g/mol. The van der Waals surface area contributed by atoms with Gasteiger partial charge in [-0.15, -0.1) is 0 Å². The van der Waals surface area contributed by atoms with Crippen molar-refractivity contribution in [1.29, 1.82) is 0 Å². The highest BCUT2D eigenvalue weighted by Gasteiger charge is 2.12. The maximum atomic E-state index is 12.6. The highest BCUT2D eigenvalue weighted by atomic mass is 16.5. The third-order valence-corrected chi connectivity index (χ3v) is 4.18. The molecule has 0 unspecified atom stereocenters. The lowest BCUT2D eigenvalue weighted by Crippen LogP contribution is -2.12. The van der Waals surface area contributed by atoms with E-state index in [9.17, 15) is 4.79 Å². The summed E-state index contributed by atoms with van der Waals surface area (Å²) in [6, 6.07) is 14.1. The number of hydrogen-bond donors (Lipinski definition) is 2. The van der Waals surface area contributed by atoms with Crippen LogP contribution in [0.15, 0.2) is 52.9 Å². The Bertz CT molecular complexity index is 939. The summed E-state index contributed by atoms with van der Waals surface area (Å²) in [5, 5.41) is 12.0. The van der Waals surface area contributed by atoms with E-state index in [0.717, 1.165) is 11.1 Å². The van der Waals surface area contributed by atoms with Crippen molar-refractivity contribution >= 4 is 11.6 Å². The quantitative estimate of drug-likeness (QED) is 0.688. The van der Waals surface area contributed by atoms with Crippen molar-refractivity contribution in [3.63, 3.8) is 0 Å². The van der Waals surface area contributed by atoms with Crippen molar-refractivity contribution in [3.8, 4) is 22.8 Å². The molecule has 27 heavy (non-hydrogen) atoms. The minimum absolute atomic E-state index is 0.142. The van der Waals surface area contributed by atoms with Gasteiger partial charge < -0.3 is 24.3 Å². The van der Waals surface area contributed by atoms with Gasteiger partial charge in [0.1, 0.15) is 29.6 Å². The largest absolute Gasteiger partial charge is 0.497 e. The fourth-order valence-electron chi connectivity index (χ4n) is 2.77. The fourth-order valence-corrected chi connectivity index (χ4v) is 2.77. The summed E-state index contributed by atoms with van der Waals surface area (Å²) in [5.41, 5.74) is 2.94. The van der Waals surface area contributed by atoms with E-state index in [1.54, 1.807) is 30.3 Å². The number of rotatable bonds is 6. The number of carbonyl (C=O) groups excluding carboxylic acids is 1. The zero-order valence-corrected chi connectivity index (χ0v) is 15.4. The number of amides is 1. The Morgan fingerprint density at radius 3 is 2.30 bits per heavy atom. The lowest BCUT2D eigenvalue weighted by atomic mass is 10.1. The number of ether oxygens (including phenoxy) is 2. The average Bonchev–Trinajstić information content (AvgIpc) is 3.16. The maximum absolute atomic E-state index is 12.6. The van der Waals surface area contributed by atoms with Crippen LogP contribution in [0.25, 0.3) is 11.3 Å². The van der Waals surface area contributed by atoms with Crippen LogP contribution < -0.4 is 14.8 Å². The second-order valence-corrected chi connectivity index (χ2v) is 6.01. The van der Waals surface area contributed by atoms with Crippen LogP contribution in [-0.2, 0) is 6.61 Å². The number of benzene rings is 2. The standard InChI is InChI=1S/C21H21NO5/c1-13-8-15(4-6-19(13)20-7-5-16(12-23)27-20)22-21(24)14-9-17(25-2)11-18(10-14)26-3/h4-11,23H,12H2,1-3H3,(H,22,24). The molecule has 0 fully saturated rings. The molecule has 0 saturated heterocycles. The number of anilines is 1. The lowest BCUT2D eigenvalue weighted by Gasteiger charge is -2.11. The molecule has 0 spiro atoms. The number of carbonyl (C=O) groups is 1. The normalized spacial score (nSPS) is 10.5. The number of aliphatic hydroxyl groups excluding tert-OH is 1. The van der Waals surface area contributed by atoms with Crippen LogP contribution in [0.5, 0.6) is 11.5 Å². The first kappa shape index (κ1) is 18.5. The summed E-state index contributed by atoms with van der Waals surface area (Å²) in [7, 11) is 3.07. The van der Waals surface area contributed by atoms with Gasteiger partial charge in [-0.05, 0) is 55.0 Å². The van der Waals surface area contributed by atoms with Crippen molar-refractivity contribution in [3.05, 3.63) is 65.4 Å². The van der Waals surface area contributed by atoms with Gasteiger partial charge in [0.25, 0.3) is 5.91 Å². The van der Waals surface area contributed by atoms with Gasteiger partial charge in [0.15, 0.2) is 0 Å². The molecule has 140 valence electrons. The predicted molar refractivity (Wildman–Crippen MR) is 102 cm³/mol. The highest BCUT2D eigenvalue weighted by molar-refractivity contribution is 6.05. The van der Waals surface area contributed by atoms with Gasteiger partial charge in [0.2, 0.25) is 0 Å². The van der Waals surface area contributed by atoms with Crippen molar-refractivity contribution in [2.75, 3.05) is 19.5 Å². The Hall–Kier alpha value is -3.25. The molecule has 6 nitrogen and oxygen atoms in total. The van der Waals surface area contributed by atoms with Crippen molar-refractivity contribution in [1.82, 2.24) is 0 Å². The zero-order valence-electron chi connectivity index (χ0n) is 15.4. The van der Waals surface area contributed by atoms with Crippen molar-refractivity contribution < 1.29 is 23.8 Å². The van der Waals surface area contributed by atoms with Gasteiger partial charge >= 0.3 is 0 Å². The first-order valence-corrected chi connectivity index (χ1v) is 8.39. The Kier molecular flexibility index (Phi) is 5.47. The molecule has 0 aliphatic rings. The van der Waals surface area contributed by atoms with Crippen LogP contribution in [0.4, 0.5) is 5.69 Å². The Labute approximate surface area is 157 Å². The summed E-state index contributed by atoms with van der Waals surface area (Å²) in [6.07, 6.45) is 0. The zero-order chi connectivity index (χ0) is 19.4. The van der Waals surface area contributed by atoms with Gasteiger partial charge in [-0.25, -0.2) is 0 Å². The molecule has 6 heteroatoms. The van der Waals surface area contributed by atoms with Crippen LogP contribution in [0.1, 0.15) is 21.7 Å². The minimum atomic E-state index is -0.264. The van der Waals surface area contributed by atoms with Gasteiger partial charge in [0, 0.05) is 22.9 Å². The van der Waals surface area contributed by atoms with E-state index < -0.39 is 0 Å². The highest BCUT2D eigenvalue weighted by Crippen LogP contribution is 2.28. The van der Waals surface area contributed by atoms with Gasteiger partial charge in [0.05, 0.1) is 14.2 Å². The van der Waals surface area contributed by atoms with E-state index in [1.165, 1.54) is 14.2 Å². The molecule has 2 aromatic carbocycles. The van der Waals surface area contributed by atoms with Crippen molar-refractivity contribution in [2.24, 2.45) is 0 Å². The SMILES string of the molecule is COc1cc(OC)cc(C(=O)Nc2ccc(-c3ccc(CO)o3)c(C)c2)c1. The van der Waals surface area contributed by atoms with Gasteiger partial charge in [-0.1, -0.05) is 0 Å². The maximum Gasteiger partial charge on any atom is 0.255 e. The number of aliphatic hydroxyl groups is 1. The number of furan rings is 1. The van der Waals surface area contributed by atoms with E-state index in [1.807, 2.05) is 25.1 Å². The van der Waals surface area contributed by atoms with Gasteiger partial charge in [-0.3, -0.25) is 4.79 Å². The van der Waals surface area contributed by atoms with Crippen molar-refractivity contribution in [2.45, 2.75) is 13.5 Å². The minimum Gasteiger partial charge on any atom is -0.497 e. The smallest absolute Gasteiger partial charge is 0.255 e. The number of hydrogen-bond acceptors (Lipinski definition) is 5. The summed E-state index contributed by atoms with van der Waals surface area (Å²) in [6.45, 7) is 1.79. The molecule has 0 atom stereocenters. The molecular formula is C21H21NO5. The lowest BCUT2D eigenvalue weighted by molar-refractivity contribution is 0.102. The summed E-state index contributed by atoms with van der Waals surface area (Å²) in [5.74, 6) is 2.01. The van der Waals surface area contributed by atoms with Crippen LogP contribution in [0, 0.1) is 6.92 Å². The topological polar surface area (TPSA) is 80.9 Å². The molecule has 2 N–H and O–H groups in total.